The van der Waals surface area contributed by atoms with Crippen LogP contribution >= 0.6 is 11.6 Å². The first-order valence-electron chi connectivity index (χ1n) is 7.24. The van der Waals surface area contributed by atoms with E-state index in [1.165, 1.54) is 35.2 Å². The molecule has 1 heterocycles. The van der Waals surface area contributed by atoms with Crippen LogP contribution < -0.4 is 10.3 Å². The van der Waals surface area contributed by atoms with Crippen molar-refractivity contribution in [2.75, 3.05) is 6.61 Å². The van der Waals surface area contributed by atoms with E-state index in [2.05, 4.69) is 4.98 Å². The van der Waals surface area contributed by atoms with Gasteiger partial charge in [-0.2, -0.15) is 0 Å². The summed E-state index contributed by atoms with van der Waals surface area (Å²) in [5.41, 5.74) is 0.235. The molecule has 2 aromatic carbocycles. The number of aromatic nitrogens is 2. The van der Waals surface area contributed by atoms with Crippen LogP contribution in [0, 0.1) is 5.82 Å². The van der Waals surface area contributed by atoms with E-state index in [1.54, 1.807) is 18.2 Å². The summed E-state index contributed by atoms with van der Waals surface area (Å²) in [5.74, 6) is 0.0749. The highest BCUT2D eigenvalue weighted by molar-refractivity contribution is 6.31. The predicted octanol–water partition coefficient (Wildman–Crippen LogP) is 2.63. The number of aliphatic hydroxyl groups excluding tert-OH is 1. The molecule has 1 atom stereocenters. The number of aliphatic hydroxyl groups is 1. The van der Waals surface area contributed by atoms with Gasteiger partial charge in [0.25, 0.3) is 5.56 Å². The van der Waals surface area contributed by atoms with Crippen LogP contribution in [0.3, 0.4) is 0 Å². The summed E-state index contributed by atoms with van der Waals surface area (Å²) in [6.07, 6.45) is 0.446. The zero-order chi connectivity index (χ0) is 17.1. The third-order valence-electron chi connectivity index (χ3n) is 3.45. The van der Waals surface area contributed by atoms with E-state index in [9.17, 15) is 14.3 Å². The fraction of sp³-hybridized carbons (Fsp3) is 0.176. The molecular weight excluding hydrogens is 335 g/mol. The van der Waals surface area contributed by atoms with Crippen LogP contribution in [-0.2, 0) is 6.54 Å². The van der Waals surface area contributed by atoms with Gasteiger partial charge in [-0.05, 0) is 42.5 Å². The summed E-state index contributed by atoms with van der Waals surface area (Å²) in [6.45, 7) is 0.00230. The maximum Gasteiger partial charge on any atom is 0.261 e. The van der Waals surface area contributed by atoms with Crippen molar-refractivity contribution in [2.45, 2.75) is 12.6 Å². The lowest BCUT2D eigenvalue weighted by Crippen LogP contribution is -2.30. The van der Waals surface area contributed by atoms with Crippen LogP contribution in [0.2, 0.25) is 5.02 Å². The molecule has 0 aliphatic heterocycles. The molecule has 3 aromatic rings. The second-order valence-electron chi connectivity index (χ2n) is 5.28. The van der Waals surface area contributed by atoms with Crippen LogP contribution in [0.4, 0.5) is 4.39 Å². The molecule has 7 heteroatoms. The topological polar surface area (TPSA) is 64.4 Å². The summed E-state index contributed by atoms with van der Waals surface area (Å²) in [6, 6.07) is 10.3. The molecule has 1 aromatic heterocycles. The standard InChI is InChI=1S/C17H14ClFN2O3/c18-11-1-6-15-16(7-11)20-10-21(17(15)23)8-13(22)9-24-14-4-2-12(19)3-5-14/h1-7,10,13,22H,8-9H2/t13-/m0/s1. The van der Waals surface area contributed by atoms with Crippen molar-refractivity contribution in [2.24, 2.45) is 0 Å². The van der Waals surface area contributed by atoms with Gasteiger partial charge in [-0.1, -0.05) is 11.6 Å². The minimum atomic E-state index is -0.917. The lowest BCUT2D eigenvalue weighted by atomic mass is 10.2. The first-order valence-corrected chi connectivity index (χ1v) is 7.62. The number of halogens is 2. The van der Waals surface area contributed by atoms with Crippen molar-refractivity contribution < 1.29 is 14.2 Å². The van der Waals surface area contributed by atoms with E-state index in [0.29, 0.717) is 21.7 Å². The minimum absolute atomic E-state index is 0.0310. The monoisotopic (exact) mass is 348 g/mol. The normalized spacial score (nSPS) is 12.3. The van der Waals surface area contributed by atoms with E-state index in [4.69, 9.17) is 16.3 Å². The van der Waals surface area contributed by atoms with Gasteiger partial charge in [0, 0.05) is 5.02 Å². The number of rotatable bonds is 5. The Hall–Kier alpha value is -2.44. The molecule has 0 unspecified atom stereocenters. The maximum absolute atomic E-state index is 12.8. The zero-order valence-electron chi connectivity index (χ0n) is 12.5. The van der Waals surface area contributed by atoms with Gasteiger partial charge in [0.05, 0.1) is 23.8 Å². The van der Waals surface area contributed by atoms with Crippen LogP contribution in [0.15, 0.2) is 53.6 Å². The molecule has 0 saturated heterocycles. The average Bonchev–Trinajstić information content (AvgIpc) is 2.57. The van der Waals surface area contributed by atoms with Gasteiger partial charge in [0.2, 0.25) is 0 Å². The van der Waals surface area contributed by atoms with Crippen molar-refractivity contribution in [1.82, 2.24) is 9.55 Å². The van der Waals surface area contributed by atoms with Crippen molar-refractivity contribution in [3.63, 3.8) is 0 Å². The molecule has 0 bridgehead atoms. The molecule has 5 nitrogen and oxygen atoms in total. The summed E-state index contributed by atoms with van der Waals surface area (Å²) < 4.78 is 19.5. The largest absolute Gasteiger partial charge is 0.491 e. The van der Waals surface area contributed by atoms with E-state index in [0.717, 1.165) is 0 Å². The van der Waals surface area contributed by atoms with Crippen LogP contribution in [-0.4, -0.2) is 27.4 Å². The molecule has 1 N–H and O–H groups in total. The first kappa shape index (κ1) is 16.4. The highest BCUT2D eigenvalue weighted by atomic mass is 35.5. The number of hydrogen-bond acceptors (Lipinski definition) is 4. The Morgan fingerprint density at radius 1 is 1.25 bits per heavy atom. The first-order chi connectivity index (χ1) is 11.5. The van der Waals surface area contributed by atoms with Gasteiger partial charge in [-0.15, -0.1) is 0 Å². The number of nitrogens with zero attached hydrogens (tertiary/aromatic N) is 2. The summed E-state index contributed by atoms with van der Waals surface area (Å²) in [5, 5.41) is 11.0. The molecule has 0 spiro atoms. The third-order valence-corrected chi connectivity index (χ3v) is 3.69. The van der Waals surface area contributed by atoms with Crippen molar-refractivity contribution >= 4 is 22.5 Å². The van der Waals surface area contributed by atoms with Gasteiger partial charge in [-0.3, -0.25) is 9.36 Å². The highest BCUT2D eigenvalue weighted by Gasteiger charge is 2.10. The summed E-state index contributed by atoms with van der Waals surface area (Å²) in [4.78, 5) is 16.5. The molecular formula is C17H14ClFN2O3. The Morgan fingerprint density at radius 3 is 2.75 bits per heavy atom. The molecule has 0 saturated carbocycles. The smallest absolute Gasteiger partial charge is 0.261 e. The van der Waals surface area contributed by atoms with Crippen LogP contribution in [0.25, 0.3) is 10.9 Å². The molecule has 3 rings (SSSR count). The molecule has 0 amide bonds. The van der Waals surface area contributed by atoms with Crippen molar-refractivity contribution in [3.05, 3.63) is 70.0 Å². The Morgan fingerprint density at radius 2 is 2.00 bits per heavy atom. The molecule has 0 radical (unpaired) electrons. The Bertz CT molecular complexity index is 912. The molecule has 0 fully saturated rings. The van der Waals surface area contributed by atoms with Crippen molar-refractivity contribution in [3.8, 4) is 5.75 Å². The van der Waals surface area contributed by atoms with Gasteiger partial charge >= 0.3 is 0 Å². The number of benzene rings is 2. The third kappa shape index (κ3) is 3.72. The second-order valence-corrected chi connectivity index (χ2v) is 5.72. The van der Waals surface area contributed by atoms with Crippen molar-refractivity contribution in [1.29, 1.82) is 0 Å². The Balaban J connectivity index is 1.70. The van der Waals surface area contributed by atoms with Gasteiger partial charge in [-0.25, -0.2) is 9.37 Å². The predicted molar refractivity (Wildman–Crippen MR) is 88.9 cm³/mol. The number of fused-ring (bicyclic) bond motifs is 1. The number of ether oxygens (including phenoxy) is 1. The molecule has 0 aliphatic rings. The van der Waals surface area contributed by atoms with E-state index >= 15 is 0 Å². The van der Waals surface area contributed by atoms with E-state index in [-0.39, 0.29) is 24.5 Å². The minimum Gasteiger partial charge on any atom is -0.491 e. The lowest BCUT2D eigenvalue weighted by Gasteiger charge is -2.14. The summed E-state index contributed by atoms with van der Waals surface area (Å²) in [7, 11) is 0. The fourth-order valence-electron chi connectivity index (χ4n) is 2.26. The molecule has 0 aliphatic carbocycles. The maximum atomic E-state index is 12.8. The Kier molecular flexibility index (Phi) is 4.78. The zero-order valence-corrected chi connectivity index (χ0v) is 13.3. The fourth-order valence-corrected chi connectivity index (χ4v) is 2.43. The van der Waals surface area contributed by atoms with Gasteiger partial charge < -0.3 is 9.84 Å². The lowest BCUT2D eigenvalue weighted by molar-refractivity contribution is 0.0914. The van der Waals surface area contributed by atoms with Crippen LogP contribution in [0.5, 0.6) is 5.75 Å². The molecule has 124 valence electrons. The van der Waals surface area contributed by atoms with Gasteiger partial charge in [0.1, 0.15) is 24.3 Å². The van der Waals surface area contributed by atoms with E-state index < -0.39 is 6.10 Å². The second kappa shape index (κ2) is 6.98. The quantitative estimate of drug-likeness (QED) is 0.770. The van der Waals surface area contributed by atoms with E-state index in [1.807, 2.05) is 0 Å². The molecule has 24 heavy (non-hydrogen) atoms. The summed E-state index contributed by atoms with van der Waals surface area (Å²) >= 11 is 5.88. The Labute approximate surface area is 141 Å². The number of hydrogen-bond donors (Lipinski definition) is 1. The highest BCUT2D eigenvalue weighted by Crippen LogP contribution is 2.14. The average molecular weight is 349 g/mol. The van der Waals surface area contributed by atoms with Crippen LogP contribution in [0.1, 0.15) is 0 Å². The van der Waals surface area contributed by atoms with Gasteiger partial charge in [0.15, 0.2) is 0 Å². The SMILES string of the molecule is O=c1c2ccc(Cl)cc2ncn1C[C@H](O)COc1ccc(F)cc1.